The summed E-state index contributed by atoms with van der Waals surface area (Å²) >= 11 is 0. The fraction of sp³-hybridized carbons (Fsp3) is 0.500. The van der Waals surface area contributed by atoms with E-state index in [2.05, 4.69) is 5.32 Å². The lowest BCUT2D eigenvalue weighted by Gasteiger charge is -2.31. The third-order valence-electron chi connectivity index (χ3n) is 4.52. The smallest absolute Gasteiger partial charge is 0.271 e. The molecule has 0 aromatic heterocycles. The van der Waals surface area contributed by atoms with Crippen LogP contribution in [-0.2, 0) is 9.59 Å². The van der Waals surface area contributed by atoms with Gasteiger partial charge in [-0.1, -0.05) is 0 Å². The monoisotopic (exact) mass is 335 g/mol. The number of rotatable bonds is 4. The van der Waals surface area contributed by atoms with Crippen molar-refractivity contribution < 1.29 is 18.9 Å². The van der Waals surface area contributed by atoms with Gasteiger partial charge in [0.2, 0.25) is 11.8 Å². The molecule has 2 amide bonds. The highest BCUT2D eigenvalue weighted by atomic mass is 19.1. The molecule has 1 aromatic carbocycles. The number of nitrogens with zero attached hydrogens (tertiary/aromatic N) is 2. The van der Waals surface area contributed by atoms with Crippen LogP contribution in [0.3, 0.4) is 0 Å². The van der Waals surface area contributed by atoms with Gasteiger partial charge < -0.3 is 10.2 Å². The van der Waals surface area contributed by atoms with Crippen molar-refractivity contribution in [2.24, 2.45) is 11.8 Å². The summed E-state index contributed by atoms with van der Waals surface area (Å²) in [5.41, 5.74) is -0.470. The normalized spacial score (nSPS) is 18.3. The largest absolute Gasteiger partial charge is 0.342 e. The van der Waals surface area contributed by atoms with Gasteiger partial charge in [0.15, 0.2) is 0 Å². The molecule has 2 aliphatic rings. The van der Waals surface area contributed by atoms with Gasteiger partial charge in [-0.25, -0.2) is 4.39 Å². The van der Waals surface area contributed by atoms with Crippen LogP contribution < -0.4 is 5.32 Å². The molecule has 8 heteroatoms. The van der Waals surface area contributed by atoms with Crippen molar-refractivity contribution in [3.8, 4) is 0 Å². The van der Waals surface area contributed by atoms with Crippen molar-refractivity contribution in [1.82, 2.24) is 4.90 Å². The number of nitro benzene ring substituents is 1. The Kier molecular flexibility index (Phi) is 4.46. The Morgan fingerprint density at radius 1 is 1.17 bits per heavy atom. The summed E-state index contributed by atoms with van der Waals surface area (Å²) in [6.45, 7) is 1.04. The minimum absolute atomic E-state index is 0.161. The van der Waals surface area contributed by atoms with Crippen LogP contribution in [0.5, 0.6) is 0 Å². The van der Waals surface area contributed by atoms with Gasteiger partial charge in [0.05, 0.1) is 10.6 Å². The molecule has 24 heavy (non-hydrogen) atoms. The molecule has 0 bridgehead atoms. The number of anilines is 1. The molecule has 1 aliphatic heterocycles. The topological polar surface area (TPSA) is 92.5 Å². The zero-order chi connectivity index (χ0) is 17.3. The van der Waals surface area contributed by atoms with Crippen LogP contribution in [0, 0.1) is 27.8 Å². The summed E-state index contributed by atoms with van der Waals surface area (Å²) in [4.78, 5) is 36.1. The van der Waals surface area contributed by atoms with E-state index in [9.17, 15) is 24.1 Å². The van der Waals surface area contributed by atoms with Gasteiger partial charge in [-0.2, -0.15) is 0 Å². The van der Waals surface area contributed by atoms with Crippen molar-refractivity contribution in [3.05, 3.63) is 34.1 Å². The summed E-state index contributed by atoms with van der Waals surface area (Å²) in [7, 11) is 0. The molecule has 7 nitrogen and oxygen atoms in total. The summed E-state index contributed by atoms with van der Waals surface area (Å²) in [5, 5.41) is 13.2. The van der Waals surface area contributed by atoms with Gasteiger partial charge in [-0.3, -0.25) is 19.7 Å². The van der Waals surface area contributed by atoms with Crippen LogP contribution in [-0.4, -0.2) is 34.7 Å². The van der Waals surface area contributed by atoms with Crippen LogP contribution in [0.15, 0.2) is 18.2 Å². The average molecular weight is 335 g/mol. The fourth-order valence-corrected chi connectivity index (χ4v) is 2.91. The highest BCUT2D eigenvalue weighted by molar-refractivity contribution is 5.93. The number of piperidine rings is 1. The van der Waals surface area contributed by atoms with E-state index in [-0.39, 0.29) is 35.0 Å². The van der Waals surface area contributed by atoms with Gasteiger partial charge in [0.1, 0.15) is 5.82 Å². The molecule has 1 saturated carbocycles. The zero-order valence-corrected chi connectivity index (χ0v) is 13.0. The lowest BCUT2D eigenvalue weighted by molar-refractivity contribution is -0.384. The number of benzene rings is 1. The van der Waals surface area contributed by atoms with Gasteiger partial charge in [-0.15, -0.1) is 0 Å². The van der Waals surface area contributed by atoms with E-state index < -0.39 is 10.7 Å². The Labute approximate surface area is 138 Å². The minimum atomic E-state index is -0.713. The summed E-state index contributed by atoms with van der Waals surface area (Å²) in [6, 6.07) is 3.02. The van der Waals surface area contributed by atoms with E-state index in [1.807, 2.05) is 0 Å². The van der Waals surface area contributed by atoms with Crippen molar-refractivity contribution in [1.29, 1.82) is 0 Å². The number of non-ortho nitro benzene ring substituents is 1. The standard InChI is InChI=1S/C16H18FN3O4/c17-13-4-3-12(20(23)24)9-14(13)18-15(21)10-5-7-19(8-6-10)16(22)11-1-2-11/h3-4,9-11H,1-2,5-8H2,(H,18,21). The molecule has 1 N–H and O–H groups in total. The van der Waals surface area contributed by atoms with Crippen molar-refractivity contribution >= 4 is 23.2 Å². The second kappa shape index (κ2) is 6.54. The summed E-state index contributed by atoms with van der Waals surface area (Å²) in [5.74, 6) is -1.08. The SMILES string of the molecule is O=C(Nc1cc([N+](=O)[O-])ccc1F)C1CCN(C(=O)C2CC2)CC1. The van der Waals surface area contributed by atoms with Gasteiger partial charge in [0.25, 0.3) is 5.69 Å². The molecule has 1 aromatic rings. The van der Waals surface area contributed by atoms with E-state index in [1.165, 1.54) is 0 Å². The van der Waals surface area contributed by atoms with Crippen molar-refractivity contribution in [2.45, 2.75) is 25.7 Å². The maximum atomic E-state index is 13.7. The number of nitro groups is 1. The maximum Gasteiger partial charge on any atom is 0.271 e. The molecule has 2 fully saturated rings. The van der Waals surface area contributed by atoms with E-state index in [0.717, 1.165) is 31.0 Å². The third-order valence-corrected chi connectivity index (χ3v) is 4.52. The van der Waals surface area contributed by atoms with Gasteiger partial charge in [-0.05, 0) is 31.7 Å². The lowest BCUT2D eigenvalue weighted by atomic mass is 9.95. The van der Waals surface area contributed by atoms with Crippen molar-refractivity contribution in [2.75, 3.05) is 18.4 Å². The molecule has 1 aliphatic carbocycles. The number of hydrogen-bond donors (Lipinski definition) is 1. The Balaban J connectivity index is 1.59. The van der Waals surface area contributed by atoms with Crippen LogP contribution in [0.4, 0.5) is 15.8 Å². The molecule has 3 rings (SSSR count). The van der Waals surface area contributed by atoms with Crippen molar-refractivity contribution in [3.63, 3.8) is 0 Å². The predicted molar refractivity (Wildman–Crippen MR) is 83.7 cm³/mol. The quantitative estimate of drug-likeness (QED) is 0.675. The molecule has 0 radical (unpaired) electrons. The Morgan fingerprint density at radius 2 is 1.83 bits per heavy atom. The molecule has 128 valence electrons. The van der Waals surface area contributed by atoms with Crippen LogP contribution in [0.1, 0.15) is 25.7 Å². The zero-order valence-electron chi connectivity index (χ0n) is 13.0. The molecule has 1 heterocycles. The molecular weight excluding hydrogens is 317 g/mol. The first-order chi connectivity index (χ1) is 11.5. The van der Waals surface area contributed by atoms with Crippen LogP contribution in [0.2, 0.25) is 0 Å². The molecule has 1 saturated heterocycles. The second-order valence-corrected chi connectivity index (χ2v) is 6.28. The lowest BCUT2D eigenvalue weighted by Crippen LogP contribution is -2.42. The predicted octanol–water partition coefficient (Wildman–Crippen LogP) is 2.32. The highest BCUT2D eigenvalue weighted by Gasteiger charge is 2.36. The Bertz CT molecular complexity index is 682. The average Bonchev–Trinajstić information content (AvgIpc) is 3.41. The Morgan fingerprint density at radius 3 is 2.42 bits per heavy atom. The first kappa shape index (κ1) is 16.4. The van der Waals surface area contributed by atoms with Crippen LogP contribution in [0.25, 0.3) is 0 Å². The van der Waals surface area contributed by atoms with E-state index in [0.29, 0.717) is 25.9 Å². The van der Waals surface area contributed by atoms with Crippen LogP contribution >= 0.6 is 0 Å². The molecular formula is C16H18FN3O4. The minimum Gasteiger partial charge on any atom is -0.342 e. The number of halogens is 1. The number of hydrogen-bond acceptors (Lipinski definition) is 4. The van der Waals surface area contributed by atoms with E-state index in [1.54, 1.807) is 4.90 Å². The molecule has 0 unspecified atom stereocenters. The highest BCUT2D eigenvalue weighted by Crippen LogP contribution is 2.32. The molecule has 0 atom stereocenters. The summed E-state index contributed by atoms with van der Waals surface area (Å²) < 4.78 is 13.7. The number of carbonyl (C=O) groups excluding carboxylic acids is 2. The Hall–Kier alpha value is -2.51. The van der Waals surface area contributed by atoms with E-state index >= 15 is 0 Å². The second-order valence-electron chi connectivity index (χ2n) is 6.28. The first-order valence-electron chi connectivity index (χ1n) is 7.99. The van der Waals surface area contributed by atoms with Gasteiger partial charge in [0, 0.05) is 37.1 Å². The van der Waals surface area contributed by atoms with E-state index in [4.69, 9.17) is 0 Å². The maximum absolute atomic E-state index is 13.7. The third kappa shape index (κ3) is 3.52. The number of nitrogens with one attached hydrogen (secondary N) is 1. The fourth-order valence-electron chi connectivity index (χ4n) is 2.91. The summed E-state index contributed by atoms with van der Waals surface area (Å²) in [6.07, 6.45) is 2.93. The number of amides is 2. The number of likely N-dealkylation sites (tertiary alicyclic amines) is 1. The van der Waals surface area contributed by atoms with Gasteiger partial charge >= 0.3 is 0 Å². The molecule has 0 spiro atoms. The number of carbonyl (C=O) groups is 2. The first-order valence-corrected chi connectivity index (χ1v) is 7.99.